The minimum Gasteiger partial charge on any atom is -0.316 e. The van der Waals surface area contributed by atoms with Crippen LogP contribution in [0.1, 0.15) is 12.0 Å². The maximum absolute atomic E-state index is 4.18. The maximum atomic E-state index is 4.18. The molecule has 1 aromatic rings. The van der Waals surface area contributed by atoms with Crippen LogP contribution < -0.4 is 5.32 Å². The van der Waals surface area contributed by atoms with Gasteiger partial charge < -0.3 is 5.32 Å². The molecule has 2 heterocycles. The Morgan fingerprint density at radius 3 is 3.21 bits per heavy atom. The van der Waals surface area contributed by atoms with Crippen molar-refractivity contribution in [2.24, 2.45) is 11.8 Å². The summed E-state index contributed by atoms with van der Waals surface area (Å²) in [5, 5.41) is 3.46. The normalized spacial score (nSPS) is 30.1. The first-order chi connectivity index (χ1) is 6.95. The number of allylic oxidation sites excluding steroid dienone is 1. The van der Waals surface area contributed by atoms with Crippen molar-refractivity contribution in [1.82, 2.24) is 10.3 Å². The van der Waals surface area contributed by atoms with Gasteiger partial charge in [-0.3, -0.25) is 4.98 Å². The monoisotopic (exact) mass is 186 g/mol. The molecular weight excluding hydrogens is 172 g/mol. The average Bonchev–Trinajstić information content (AvgIpc) is 2.79. The summed E-state index contributed by atoms with van der Waals surface area (Å²) in [5.74, 6) is 1.57. The average molecular weight is 186 g/mol. The van der Waals surface area contributed by atoms with Crippen molar-refractivity contribution in [3.05, 3.63) is 36.2 Å². The molecule has 0 spiro atoms. The summed E-state index contributed by atoms with van der Waals surface area (Å²) in [6, 6.07) is 4.19. The number of hydrogen-bond donors (Lipinski definition) is 1. The second-order valence-electron chi connectivity index (χ2n) is 4.16. The van der Waals surface area contributed by atoms with Crippen LogP contribution in [0.25, 0.3) is 5.57 Å². The summed E-state index contributed by atoms with van der Waals surface area (Å²) in [6.45, 7) is 2.33. The molecule has 2 heteroatoms. The first kappa shape index (κ1) is 8.18. The molecule has 0 aromatic carbocycles. The van der Waals surface area contributed by atoms with Crippen LogP contribution in [0.3, 0.4) is 0 Å². The highest BCUT2D eigenvalue weighted by molar-refractivity contribution is 5.69. The highest BCUT2D eigenvalue weighted by Gasteiger charge is 2.33. The van der Waals surface area contributed by atoms with Gasteiger partial charge in [-0.2, -0.15) is 0 Å². The molecular formula is C12H14N2. The van der Waals surface area contributed by atoms with Gasteiger partial charge in [-0.15, -0.1) is 0 Å². The number of hydrogen-bond acceptors (Lipinski definition) is 2. The first-order valence-electron chi connectivity index (χ1n) is 5.26. The first-order valence-corrected chi connectivity index (χ1v) is 5.26. The molecule has 0 bridgehead atoms. The second-order valence-corrected chi connectivity index (χ2v) is 4.16. The lowest BCUT2D eigenvalue weighted by atomic mass is 9.91. The number of nitrogens with zero attached hydrogens (tertiary/aromatic N) is 1. The van der Waals surface area contributed by atoms with Gasteiger partial charge in [-0.25, -0.2) is 0 Å². The zero-order chi connectivity index (χ0) is 9.38. The lowest BCUT2D eigenvalue weighted by molar-refractivity contribution is 0.542. The Morgan fingerprint density at radius 1 is 1.36 bits per heavy atom. The van der Waals surface area contributed by atoms with Crippen LogP contribution in [0.4, 0.5) is 0 Å². The van der Waals surface area contributed by atoms with Gasteiger partial charge in [0.25, 0.3) is 0 Å². The van der Waals surface area contributed by atoms with E-state index in [4.69, 9.17) is 0 Å². The van der Waals surface area contributed by atoms with E-state index in [1.807, 2.05) is 18.5 Å². The molecule has 72 valence electrons. The van der Waals surface area contributed by atoms with E-state index in [1.54, 1.807) is 0 Å². The maximum Gasteiger partial charge on any atom is 0.0343 e. The Balaban J connectivity index is 1.93. The van der Waals surface area contributed by atoms with Gasteiger partial charge >= 0.3 is 0 Å². The topological polar surface area (TPSA) is 24.9 Å². The van der Waals surface area contributed by atoms with E-state index < -0.39 is 0 Å². The van der Waals surface area contributed by atoms with Crippen LogP contribution in [-0.4, -0.2) is 18.1 Å². The third-order valence-electron chi connectivity index (χ3n) is 3.37. The van der Waals surface area contributed by atoms with Gasteiger partial charge in [-0.05, 0) is 36.1 Å². The number of aromatic nitrogens is 1. The van der Waals surface area contributed by atoms with Crippen LogP contribution in [0.15, 0.2) is 30.6 Å². The molecule has 3 rings (SSSR count). The quantitative estimate of drug-likeness (QED) is 0.722. The molecule has 1 fully saturated rings. The Kier molecular flexibility index (Phi) is 1.88. The summed E-state index contributed by atoms with van der Waals surface area (Å²) in [5.41, 5.74) is 2.82. The fourth-order valence-corrected chi connectivity index (χ4v) is 2.64. The van der Waals surface area contributed by atoms with Crippen molar-refractivity contribution in [3.8, 4) is 0 Å². The molecule has 2 nitrogen and oxygen atoms in total. The molecule has 1 aliphatic carbocycles. The smallest absolute Gasteiger partial charge is 0.0343 e. The van der Waals surface area contributed by atoms with Crippen molar-refractivity contribution in [2.45, 2.75) is 6.42 Å². The predicted octanol–water partition coefficient (Wildman–Crippen LogP) is 1.70. The van der Waals surface area contributed by atoms with E-state index in [2.05, 4.69) is 22.4 Å². The summed E-state index contributed by atoms with van der Waals surface area (Å²) in [4.78, 5) is 4.18. The molecule has 1 aromatic heterocycles. The Morgan fingerprint density at radius 2 is 2.36 bits per heavy atom. The summed E-state index contributed by atoms with van der Waals surface area (Å²) < 4.78 is 0. The van der Waals surface area contributed by atoms with E-state index in [9.17, 15) is 0 Å². The van der Waals surface area contributed by atoms with E-state index in [-0.39, 0.29) is 0 Å². The third kappa shape index (κ3) is 1.18. The molecule has 1 aliphatic heterocycles. The van der Waals surface area contributed by atoms with E-state index in [1.165, 1.54) is 24.1 Å². The SMILES string of the molecule is C1=C(c2cccnc2)C2CNCC2C1. The van der Waals surface area contributed by atoms with Crippen molar-refractivity contribution in [2.75, 3.05) is 13.1 Å². The Hall–Kier alpha value is -1.15. The lowest BCUT2D eigenvalue weighted by Crippen LogP contribution is -2.09. The van der Waals surface area contributed by atoms with Crippen molar-refractivity contribution >= 4 is 5.57 Å². The fourth-order valence-electron chi connectivity index (χ4n) is 2.64. The standard InChI is InChI=1S/C12H14N2/c1-2-9(6-13-5-1)11-4-3-10-7-14-8-12(10)11/h1-2,4-6,10,12,14H,3,7-8H2. The highest BCUT2D eigenvalue weighted by atomic mass is 14.9. The second kappa shape index (κ2) is 3.21. The van der Waals surface area contributed by atoms with Crippen LogP contribution >= 0.6 is 0 Å². The Labute approximate surface area is 84.1 Å². The minimum atomic E-state index is 0.735. The lowest BCUT2D eigenvalue weighted by Gasteiger charge is -2.12. The zero-order valence-electron chi connectivity index (χ0n) is 8.11. The van der Waals surface area contributed by atoms with Crippen LogP contribution in [0.2, 0.25) is 0 Å². The number of rotatable bonds is 1. The van der Waals surface area contributed by atoms with Gasteiger partial charge in [-0.1, -0.05) is 12.1 Å². The third-order valence-corrected chi connectivity index (χ3v) is 3.37. The molecule has 2 aliphatic rings. The van der Waals surface area contributed by atoms with Gasteiger partial charge in [0.05, 0.1) is 0 Å². The molecule has 2 unspecified atom stereocenters. The highest BCUT2D eigenvalue weighted by Crippen LogP contribution is 2.39. The van der Waals surface area contributed by atoms with Gasteiger partial charge in [0, 0.05) is 24.9 Å². The molecule has 0 radical (unpaired) electrons. The van der Waals surface area contributed by atoms with Crippen molar-refractivity contribution < 1.29 is 0 Å². The van der Waals surface area contributed by atoms with E-state index in [0.717, 1.165) is 18.4 Å². The number of pyridine rings is 1. The molecule has 14 heavy (non-hydrogen) atoms. The Bertz CT molecular complexity index is 356. The number of fused-ring (bicyclic) bond motifs is 1. The largest absolute Gasteiger partial charge is 0.316 e. The summed E-state index contributed by atoms with van der Waals surface area (Å²) in [7, 11) is 0. The van der Waals surface area contributed by atoms with E-state index in [0.29, 0.717) is 0 Å². The molecule has 1 saturated heterocycles. The van der Waals surface area contributed by atoms with Crippen molar-refractivity contribution in [3.63, 3.8) is 0 Å². The van der Waals surface area contributed by atoms with Crippen molar-refractivity contribution in [1.29, 1.82) is 0 Å². The molecule has 1 N–H and O–H groups in total. The molecule has 2 atom stereocenters. The van der Waals surface area contributed by atoms with Crippen LogP contribution in [0.5, 0.6) is 0 Å². The fraction of sp³-hybridized carbons (Fsp3) is 0.417. The summed E-state index contributed by atoms with van der Waals surface area (Å²) in [6.07, 6.45) is 7.45. The summed E-state index contributed by atoms with van der Waals surface area (Å²) >= 11 is 0. The zero-order valence-corrected chi connectivity index (χ0v) is 8.11. The van der Waals surface area contributed by atoms with Gasteiger partial charge in [0.1, 0.15) is 0 Å². The van der Waals surface area contributed by atoms with Crippen LogP contribution in [0, 0.1) is 11.8 Å². The van der Waals surface area contributed by atoms with Crippen LogP contribution in [-0.2, 0) is 0 Å². The predicted molar refractivity (Wildman–Crippen MR) is 56.7 cm³/mol. The van der Waals surface area contributed by atoms with Gasteiger partial charge in [0.2, 0.25) is 0 Å². The van der Waals surface area contributed by atoms with E-state index >= 15 is 0 Å². The van der Waals surface area contributed by atoms with Gasteiger partial charge in [0.15, 0.2) is 0 Å². The molecule has 0 saturated carbocycles. The minimum absolute atomic E-state index is 0.735. The molecule has 0 amide bonds. The number of nitrogens with one attached hydrogen (secondary N) is 1.